The first-order valence-electron chi connectivity index (χ1n) is 8.83. The molecule has 29 heavy (non-hydrogen) atoms. The molecule has 0 atom stereocenters. The molecule has 0 fully saturated rings. The Balaban J connectivity index is 1.75. The number of carbonyl (C=O) groups is 2. The maximum absolute atomic E-state index is 14.2. The van der Waals surface area contributed by atoms with Gasteiger partial charge in [0.1, 0.15) is 19.0 Å². The number of hydrogen-bond acceptors (Lipinski definition) is 4. The van der Waals surface area contributed by atoms with Crippen molar-refractivity contribution in [2.24, 2.45) is 0 Å². The van der Waals surface area contributed by atoms with E-state index in [9.17, 15) is 14.0 Å². The van der Waals surface area contributed by atoms with Gasteiger partial charge >= 0.3 is 0 Å². The van der Waals surface area contributed by atoms with Crippen LogP contribution in [0.3, 0.4) is 0 Å². The third-order valence-corrected chi connectivity index (χ3v) is 4.93. The maximum atomic E-state index is 14.2. The molecule has 1 aliphatic heterocycles. The lowest BCUT2D eigenvalue weighted by molar-refractivity contribution is 0.102. The molecule has 1 N–H and O–H groups in total. The second-order valence-electron chi connectivity index (χ2n) is 6.31. The van der Waals surface area contributed by atoms with Crippen molar-refractivity contribution in [3.8, 4) is 11.5 Å². The molecule has 0 aromatic heterocycles. The molecule has 3 aromatic rings. The van der Waals surface area contributed by atoms with Gasteiger partial charge in [0, 0.05) is 16.1 Å². The predicted molar refractivity (Wildman–Crippen MR) is 109 cm³/mol. The van der Waals surface area contributed by atoms with E-state index in [-0.39, 0.29) is 16.8 Å². The monoisotopic (exact) mass is 455 g/mol. The number of amides is 1. The SMILES string of the molecule is O=C(Nc1cc2c(cc1C(=O)c1ccccc1F)OCCO2)c1ccc(Br)cc1. The summed E-state index contributed by atoms with van der Waals surface area (Å²) in [6, 6.07) is 15.5. The number of carbonyl (C=O) groups excluding carboxylic acids is 2. The van der Waals surface area contributed by atoms with E-state index in [0.717, 1.165) is 4.47 Å². The van der Waals surface area contributed by atoms with Crippen LogP contribution in [0.1, 0.15) is 26.3 Å². The first kappa shape index (κ1) is 19.1. The molecule has 0 spiro atoms. The summed E-state index contributed by atoms with van der Waals surface area (Å²) in [4.78, 5) is 25.7. The molecular formula is C22H15BrFNO4. The van der Waals surface area contributed by atoms with Crippen LogP contribution < -0.4 is 14.8 Å². The highest BCUT2D eigenvalue weighted by molar-refractivity contribution is 9.10. The molecule has 7 heteroatoms. The van der Waals surface area contributed by atoms with Crippen LogP contribution in [0.15, 0.2) is 65.1 Å². The van der Waals surface area contributed by atoms with Crippen LogP contribution in [0.4, 0.5) is 10.1 Å². The van der Waals surface area contributed by atoms with Crippen molar-refractivity contribution in [3.63, 3.8) is 0 Å². The quantitative estimate of drug-likeness (QED) is 0.571. The van der Waals surface area contributed by atoms with Gasteiger partial charge in [-0.3, -0.25) is 9.59 Å². The van der Waals surface area contributed by atoms with Crippen LogP contribution in [0.25, 0.3) is 0 Å². The van der Waals surface area contributed by atoms with Crippen LogP contribution in [-0.2, 0) is 0 Å². The zero-order chi connectivity index (χ0) is 20.4. The Morgan fingerprint density at radius 2 is 1.55 bits per heavy atom. The first-order chi connectivity index (χ1) is 14.0. The molecule has 0 bridgehead atoms. The van der Waals surface area contributed by atoms with E-state index in [1.165, 1.54) is 30.3 Å². The van der Waals surface area contributed by atoms with Crippen molar-refractivity contribution in [1.29, 1.82) is 0 Å². The molecule has 0 radical (unpaired) electrons. The largest absolute Gasteiger partial charge is 0.486 e. The Hall–Kier alpha value is -3.19. The summed E-state index contributed by atoms with van der Waals surface area (Å²) < 4.78 is 26.1. The summed E-state index contributed by atoms with van der Waals surface area (Å²) in [5.41, 5.74) is 0.649. The summed E-state index contributed by atoms with van der Waals surface area (Å²) in [6.45, 7) is 0.693. The number of anilines is 1. The molecule has 146 valence electrons. The number of nitrogens with one attached hydrogen (secondary N) is 1. The second kappa shape index (κ2) is 8.05. The van der Waals surface area contributed by atoms with Gasteiger partial charge in [-0.15, -0.1) is 0 Å². The summed E-state index contributed by atoms with van der Waals surface area (Å²) in [5.74, 6) is -0.828. The normalized spacial score (nSPS) is 12.3. The first-order valence-corrected chi connectivity index (χ1v) is 9.62. The second-order valence-corrected chi connectivity index (χ2v) is 7.23. The van der Waals surface area contributed by atoms with Gasteiger partial charge in [0.25, 0.3) is 5.91 Å². The molecule has 0 unspecified atom stereocenters. The van der Waals surface area contributed by atoms with Gasteiger partial charge in [0.05, 0.1) is 16.8 Å². The van der Waals surface area contributed by atoms with Crippen molar-refractivity contribution >= 4 is 33.3 Å². The van der Waals surface area contributed by atoms with E-state index in [2.05, 4.69) is 21.2 Å². The highest BCUT2D eigenvalue weighted by Crippen LogP contribution is 2.37. The van der Waals surface area contributed by atoms with Crippen LogP contribution in [0.5, 0.6) is 11.5 Å². The molecule has 4 rings (SSSR count). The third kappa shape index (κ3) is 4.00. The number of rotatable bonds is 4. The molecule has 1 aliphatic rings. The van der Waals surface area contributed by atoms with Crippen LogP contribution >= 0.6 is 15.9 Å². The molecule has 3 aromatic carbocycles. The minimum Gasteiger partial charge on any atom is -0.486 e. The fraction of sp³-hybridized carbons (Fsp3) is 0.0909. The fourth-order valence-corrected chi connectivity index (χ4v) is 3.23. The fourth-order valence-electron chi connectivity index (χ4n) is 2.97. The Morgan fingerprint density at radius 3 is 2.24 bits per heavy atom. The van der Waals surface area contributed by atoms with Crippen molar-refractivity contribution in [3.05, 3.63) is 87.6 Å². The number of hydrogen-bond donors (Lipinski definition) is 1. The highest BCUT2D eigenvalue weighted by atomic mass is 79.9. The minimum absolute atomic E-state index is 0.0941. The van der Waals surface area contributed by atoms with Gasteiger partial charge in [-0.1, -0.05) is 28.1 Å². The maximum Gasteiger partial charge on any atom is 0.255 e. The summed E-state index contributed by atoms with van der Waals surface area (Å²) in [6.07, 6.45) is 0. The Labute approximate surface area is 174 Å². The molecular weight excluding hydrogens is 441 g/mol. The summed E-state index contributed by atoms with van der Waals surface area (Å²) in [7, 11) is 0. The average Bonchev–Trinajstić information content (AvgIpc) is 2.73. The Morgan fingerprint density at radius 1 is 0.897 bits per heavy atom. The zero-order valence-electron chi connectivity index (χ0n) is 15.1. The molecule has 0 saturated heterocycles. The van der Waals surface area contributed by atoms with Crippen LogP contribution in [-0.4, -0.2) is 24.9 Å². The number of ether oxygens (including phenoxy) is 2. The lowest BCUT2D eigenvalue weighted by Crippen LogP contribution is -2.19. The van der Waals surface area contributed by atoms with Gasteiger partial charge in [0.15, 0.2) is 17.3 Å². The summed E-state index contributed by atoms with van der Waals surface area (Å²) >= 11 is 3.32. The molecule has 0 aliphatic carbocycles. The van der Waals surface area contributed by atoms with Crippen LogP contribution in [0.2, 0.25) is 0 Å². The Kier molecular flexibility index (Phi) is 5.31. The van der Waals surface area contributed by atoms with Crippen molar-refractivity contribution in [2.75, 3.05) is 18.5 Å². The Bertz CT molecular complexity index is 1100. The zero-order valence-corrected chi connectivity index (χ0v) is 16.7. The van der Waals surface area contributed by atoms with Crippen molar-refractivity contribution in [2.45, 2.75) is 0 Å². The number of ketones is 1. The topological polar surface area (TPSA) is 64.6 Å². The van der Waals surface area contributed by atoms with E-state index >= 15 is 0 Å². The number of halogens is 2. The molecule has 0 saturated carbocycles. The summed E-state index contributed by atoms with van der Waals surface area (Å²) in [5, 5.41) is 2.73. The van der Waals surface area contributed by atoms with Gasteiger partial charge < -0.3 is 14.8 Å². The van der Waals surface area contributed by atoms with Gasteiger partial charge in [0.2, 0.25) is 0 Å². The third-order valence-electron chi connectivity index (χ3n) is 4.40. The molecule has 5 nitrogen and oxygen atoms in total. The highest BCUT2D eigenvalue weighted by Gasteiger charge is 2.23. The standard InChI is InChI=1S/C22H15BrFNO4/c23-14-7-5-13(6-8-14)22(27)25-18-12-20-19(28-9-10-29-20)11-16(18)21(26)15-3-1-2-4-17(15)24/h1-8,11-12H,9-10H2,(H,25,27). The van der Waals surface area contributed by atoms with E-state index < -0.39 is 17.5 Å². The van der Waals surface area contributed by atoms with Gasteiger partial charge in [-0.25, -0.2) is 4.39 Å². The van der Waals surface area contributed by atoms with E-state index in [1.807, 2.05) is 0 Å². The minimum atomic E-state index is -0.641. The molecule has 1 amide bonds. The lowest BCUT2D eigenvalue weighted by Gasteiger charge is -2.21. The van der Waals surface area contributed by atoms with E-state index in [4.69, 9.17) is 9.47 Å². The van der Waals surface area contributed by atoms with E-state index in [0.29, 0.717) is 30.3 Å². The smallest absolute Gasteiger partial charge is 0.255 e. The van der Waals surface area contributed by atoms with E-state index in [1.54, 1.807) is 30.3 Å². The number of benzene rings is 3. The van der Waals surface area contributed by atoms with Gasteiger partial charge in [-0.05, 0) is 42.5 Å². The average molecular weight is 456 g/mol. The van der Waals surface area contributed by atoms with Crippen LogP contribution in [0, 0.1) is 5.82 Å². The predicted octanol–water partition coefficient (Wildman–Crippen LogP) is 4.84. The number of fused-ring (bicyclic) bond motifs is 1. The van der Waals surface area contributed by atoms with Gasteiger partial charge in [-0.2, -0.15) is 0 Å². The van der Waals surface area contributed by atoms with Crippen molar-refractivity contribution < 1.29 is 23.5 Å². The molecule has 1 heterocycles. The lowest BCUT2D eigenvalue weighted by atomic mass is 10.00. The van der Waals surface area contributed by atoms with Crippen molar-refractivity contribution in [1.82, 2.24) is 0 Å².